The summed E-state index contributed by atoms with van der Waals surface area (Å²) in [7, 11) is 0. The minimum Gasteiger partial charge on any atom is -0.462 e. The Labute approximate surface area is 188 Å². The summed E-state index contributed by atoms with van der Waals surface area (Å²) in [5.74, 6) is -2.59. The zero-order chi connectivity index (χ0) is 24.0. The number of fused-ring (bicyclic) bond motifs is 3. The molecular formula is C24H36O8. The van der Waals surface area contributed by atoms with Crippen molar-refractivity contribution in [1.29, 1.82) is 0 Å². The number of carbonyl (C=O) groups excluding carboxylic acids is 2. The van der Waals surface area contributed by atoms with Crippen LogP contribution >= 0.6 is 0 Å². The second-order valence-electron chi connectivity index (χ2n) is 11.3. The molecule has 0 aromatic rings. The standard InChI is InChI=1S/C24H36O8/c1-10-13-7-14(27)18-23(6)15(28)8-16(31-11(2)25)22(4,5)19(23)17(29)21(32-12(3)26)24(18,9-13)20(10)30/h13-21,27-30H,1,7-9H2,2-6H3/t13-,14-,15-,16-,17+,18-,19+,20+,21-,23-,24+/m0/s1. The van der Waals surface area contributed by atoms with Crippen molar-refractivity contribution in [2.75, 3.05) is 0 Å². The molecule has 4 aliphatic carbocycles. The summed E-state index contributed by atoms with van der Waals surface area (Å²) in [5, 5.41) is 46.0. The van der Waals surface area contributed by atoms with Crippen LogP contribution in [0.2, 0.25) is 0 Å². The molecule has 0 heterocycles. The van der Waals surface area contributed by atoms with E-state index in [0.29, 0.717) is 18.4 Å². The highest BCUT2D eigenvalue weighted by Crippen LogP contribution is 2.72. The number of hydrogen-bond donors (Lipinski definition) is 4. The summed E-state index contributed by atoms with van der Waals surface area (Å²) in [5.41, 5.74) is -2.44. The normalized spacial score (nSPS) is 51.4. The van der Waals surface area contributed by atoms with Crippen LogP contribution in [0, 0.1) is 34.0 Å². The van der Waals surface area contributed by atoms with Crippen molar-refractivity contribution in [1.82, 2.24) is 0 Å². The predicted molar refractivity (Wildman–Crippen MR) is 113 cm³/mol. The maximum Gasteiger partial charge on any atom is 0.303 e. The topological polar surface area (TPSA) is 134 Å². The molecule has 4 rings (SSSR count). The Morgan fingerprint density at radius 2 is 1.56 bits per heavy atom. The zero-order valence-electron chi connectivity index (χ0n) is 19.4. The van der Waals surface area contributed by atoms with Crippen molar-refractivity contribution in [2.45, 2.75) is 90.5 Å². The fraction of sp³-hybridized carbons (Fsp3) is 0.833. The van der Waals surface area contributed by atoms with E-state index in [-0.39, 0.29) is 12.3 Å². The second-order valence-corrected chi connectivity index (χ2v) is 11.3. The van der Waals surface area contributed by atoms with Gasteiger partial charge < -0.3 is 29.9 Å². The largest absolute Gasteiger partial charge is 0.462 e. The third-order valence-corrected chi connectivity index (χ3v) is 9.38. The van der Waals surface area contributed by atoms with Gasteiger partial charge in [0, 0.05) is 48.3 Å². The van der Waals surface area contributed by atoms with Crippen LogP contribution in [0.15, 0.2) is 12.2 Å². The molecule has 4 N–H and O–H groups in total. The highest BCUT2D eigenvalue weighted by atomic mass is 16.6. The average molecular weight is 453 g/mol. The van der Waals surface area contributed by atoms with Gasteiger partial charge in [-0.1, -0.05) is 27.4 Å². The van der Waals surface area contributed by atoms with E-state index in [9.17, 15) is 30.0 Å². The Morgan fingerprint density at radius 1 is 0.969 bits per heavy atom. The van der Waals surface area contributed by atoms with Gasteiger partial charge in [0.1, 0.15) is 12.2 Å². The fourth-order valence-electron chi connectivity index (χ4n) is 8.43. The predicted octanol–water partition coefficient (Wildman–Crippen LogP) is 0.942. The van der Waals surface area contributed by atoms with Crippen LogP contribution in [0.5, 0.6) is 0 Å². The highest BCUT2D eigenvalue weighted by Gasteiger charge is 2.78. The van der Waals surface area contributed by atoms with Crippen LogP contribution in [-0.2, 0) is 19.1 Å². The number of rotatable bonds is 2. The van der Waals surface area contributed by atoms with Crippen molar-refractivity contribution >= 4 is 11.9 Å². The SMILES string of the molecule is C=C1[C@H]2C[C@H](O)[C@H]3[C@@]4(C)[C@H]([C@@H](O)[C@H](OC(C)=O)[C@@]3(C2)[C@@H]1O)C(C)(C)[C@@H](OC(C)=O)C[C@@H]4O. The molecule has 0 aliphatic heterocycles. The zero-order valence-corrected chi connectivity index (χ0v) is 19.4. The summed E-state index contributed by atoms with van der Waals surface area (Å²) in [6.45, 7) is 12.2. The molecule has 180 valence electrons. The summed E-state index contributed by atoms with van der Waals surface area (Å²) >= 11 is 0. The molecule has 32 heavy (non-hydrogen) atoms. The quantitative estimate of drug-likeness (QED) is 0.359. The maximum atomic E-state index is 12.1. The third kappa shape index (κ3) is 2.82. The Balaban J connectivity index is 1.93. The number of ether oxygens (including phenoxy) is 2. The molecule has 0 amide bonds. The Bertz CT molecular complexity index is 838. The van der Waals surface area contributed by atoms with Crippen molar-refractivity contribution in [3.63, 3.8) is 0 Å². The molecule has 4 fully saturated rings. The molecule has 0 saturated heterocycles. The molecule has 0 radical (unpaired) electrons. The molecular weight excluding hydrogens is 416 g/mol. The van der Waals surface area contributed by atoms with Gasteiger partial charge in [-0.3, -0.25) is 9.59 Å². The van der Waals surface area contributed by atoms with Gasteiger partial charge in [-0.2, -0.15) is 0 Å². The first-order valence-corrected chi connectivity index (χ1v) is 11.5. The van der Waals surface area contributed by atoms with Crippen LogP contribution in [0.25, 0.3) is 0 Å². The van der Waals surface area contributed by atoms with Crippen LogP contribution in [0.4, 0.5) is 0 Å². The summed E-state index contributed by atoms with van der Waals surface area (Å²) in [6.07, 6.45) is -5.10. The van der Waals surface area contributed by atoms with Gasteiger partial charge >= 0.3 is 11.9 Å². The summed E-state index contributed by atoms with van der Waals surface area (Å²) < 4.78 is 11.3. The number of aliphatic hydroxyl groups is 4. The number of esters is 2. The van der Waals surface area contributed by atoms with Gasteiger partial charge in [-0.25, -0.2) is 0 Å². The molecule has 0 aromatic heterocycles. The maximum absolute atomic E-state index is 12.1. The number of carbonyl (C=O) groups is 2. The molecule has 4 saturated carbocycles. The second kappa shape index (κ2) is 7.26. The third-order valence-electron chi connectivity index (χ3n) is 9.38. The van der Waals surface area contributed by atoms with E-state index >= 15 is 0 Å². The molecule has 2 bridgehead atoms. The van der Waals surface area contributed by atoms with E-state index < -0.39 is 76.6 Å². The van der Waals surface area contributed by atoms with E-state index in [0.717, 1.165) is 0 Å². The summed E-state index contributed by atoms with van der Waals surface area (Å²) in [4.78, 5) is 23.9. The minimum atomic E-state index is -1.25. The van der Waals surface area contributed by atoms with Gasteiger partial charge in [0.15, 0.2) is 0 Å². The van der Waals surface area contributed by atoms with Crippen LogP contribution in [-0.4, -0.2) is 69.0 Å². The van der Waals surface area contributed by atoms with Gasteiger partial charge in [-0.05, 0) is 24.3 Å². The van der Waals surface area contributed by atoms with Gasteiger partial charge in [0.05, 0.1) is 24.4 Å². The Kier molecular flexibility index (Phi) is 5.37. The molecule has 8 heteroatoms. The highest BCUT2D eigenvalue weighted by molar-refractivity contribution is 5.67. The van der Waals surface area contributed by atoms with Gasteiger partial charge in [0.25, 0.3) is 0 Å². The average Bonchev–Trinajstić information content (AvgIpc) is 2.84. The van der Waals surface area contributed by atoms with Crippen LogP contribution in [0.1, 0.15) is 53.9 Å². The Hall–Kier alpha value is -1.48. The van der Waals surface area contributed by atoms with Gasteiger partial charge in [0.2, 0.25) is 0 Å². The van der Waals surface area contributed by atoms with Gasteiger partial charge in [-0.15, -0.1) is 0 Å². The molecule has 4 aliphatic rings. The van der Waals surface area contributed by atoms with E-state index in [1.54, 1.807) is 0 Å². The minimum absolute atomic E-state index is 0.143. The monoisotopic (exact) mass is 452 g/mol. The molecule has 0 unspecified atom stereocenters. The lowest BCUT2D eigenvalue weighted by atomic mass is 9.37. The van der Waals surface area contributed by atoms with Crippen LogP contribution < -0.4 is 0 Å². The van der Waals surface area contributed by atoms with Crippen molar-refractivity contribution in [3.8, 4) is 0 Å². The number of aliphatic hydroxyl groups excluding tert-OH is 4. The first-order valence-electron chi connectivity index (χ1n) is 11.5. The first-order chi connectivity index (χ1) is 14.7. The number of hydrogen-bond acceptors (Lipinski definition) is 8. The lowest BCUT2D eigenvalue weighted by molar-refractivity contribution is -0.322. The molecule has 1 spiro atoms. The fourth-order valence-corrected chi connectivity index (χ4v) is 8.43. The van der Waals surface area contributed by atoms with Crippen molar-refractivity contribution < 1.29 is 39.5 Å². The van der Waals surface area contributed by atoms with Crippen LogP contribution in [0.3, 0.4) is 0 Å². The van der Waals surface area contributed by atoms with Crippen molar-refractivity contribution in [3.05, 3.63) is 12.2 Å². The van der Waals surface area contributed by atoms with E-state index in [4.69, 9.17) is 9.47 Å². The summed E-state index contributed by atoms with van der Waals surface area (Å²) in [6, 6.07) is 0. The van der Waals surface area contributed by atoms with Crippen molar-refractivity contribution in [2.24, 2.45) is 34.0 Å². The van der Waals surface area contributed by atoms with E-state index in [1.165, 1.54) is 13.8 Å². The Morgan fingerprint density at radius 3 is 2.12 bits per heavy atom. The molecule has 0 aromatic carbocycles. The smallest absolute Gasteiger partial charge is 0.303 e. The lowest BCUT2D eigenvalue weighted by Crippen LogP contribution is -2.76. The van der Waals surface area contributed by atoms with E-state index in [1.807, 2.05) is 20.8 Å². The molecule has 11 atom stereocenters. The van der Waals surface area contributed by atoms with E-state index in [2.05, 4.69) is 6.58 Å². The lowest BCUT2D eigenvalue weighted by Gasteiger charge is -2.69. The first kappa shape index (κ1) is 23.7. The molecule has 8 nitrogen and oxygen atoms in total.